The lowest BCUT2D eigenvalue weighted by atomic mass is 10.1. The molecule has 1 aromatic heterocycles. The molecule has 2 aromatic carbocycles. The molecule has 1 aliphatic rings. The van der Waals surface area contributed by atoms with Crippen LogP contribution in [0.25, 0.3) is 11.3 Å². The van der Waals surface area contributed by atoms with Gasteiger partial charge in [0.2, 0.25) is 15.9 Å². The van der Waals surface area contributed by atoms with Crippen LogP contribution in [-0.4, -0.2) is 67.8 Å². The van der Waals surface area contributed by atoms with E-state index in [2.05, 4.69) is 10.5 Å². The maximum atomic E-state index is 12.9. The Bertz CT molecular complexity index is 1270. The van der Waals surface area contributed by atoms with Crippen LogP contribution in [-0.2, 0) is 21.2 Å². The van der Waals surface area contributed by atoms with Crippen molar-refractivity contribution in [2.24, 2.45) is 0 Å². The highest BCUT2D eigenvalue weighted by molar-refractivity contribution is 7.89. The number of carbonyl (C=O) groups is 2. The Balaban J connectivity index is 1.36. The first-order valence-electron chi connectivity index (χ1n) is 11.0. The summed E-state index contributed by atoms with van der Waals surface area (Å²) in [7, 11) is -2.19. The molecule has 34 heavy (non-hydrogen) atoms. The molecule has 1 aliphatic heterocycles. The third-order valence-corrected chi connectivity index (χ3v) is 7.46. The van der Waals surface area contributed by atoms with Gasteiger partial charge in [-0.25, -0.2) is 8.42 Å². The van der Waals surface area contributed by atoms with E-state index in [0.29, 0.717) is 19.4 Å². The van der Waals surface area contributed by atoms with E-state index in [1.54, 1.807) is 18.0 Å². The number of hydrogen-bond acceptors (Lipinski definition) is 6. The van der Waals surface area contributed by atoms with Gasteiger partial charge in [0.25, 0.3) is 5.91 Å². The number of benzene rings is 2. The van der Waals surface area contributed by atoms with Crippen molar-refractivity contribution in [2.45, 2.75) is 17.7 Å². The second-order valence-electron chi connectivity index (χ2n) is 8.09. The number of aryl methyl sites for hydroxylation is 1. The molecular weight excluding hydrogens is 456 g/mol. The number of piperazine rings is 1. The minimum atomic E-state index is -3.87. The quantitative estimate of drug-likeness (QED) is 0.527. The van der Waals surface area contributed by atoms with Gasteiger partial charge < -0.3 is 14.7 Å². The molecule has 1 saturated heterocycles. The van der Waals surface area contributed by atoms with Crippen molar-refractivity contribution in [3.05, 3.63) is 72.0 Å². The van der Waals surface area contributed by atoms with Crippen LogP contribution in [0.4, 0.5) is 0 Å². The Kier molecular flexibility index (Phi) is 7.09. The van der Waals surface area contributed by atoms with Crippen LogP contribution in [0, 0.1) is 0 Å². The van der Waals surface area contributed by atoms with Crippen molar-refractivity contribution in [3.8, 4) is 11.3 Å². The topological polar surface area (TPSA) is 113 Å². The summed E-state index contributed by atoms with van der Waals surface area (Å²) in [5.41, 5.74) is 2.02. The summed E-state index contributed by atoms with van der Waals surface area (Å²) < 4.78 is 32.4. The molecule has 178 valence electrons. The zero-order chi connectivity index (χ0) is 24.1. The maximum absolute atomic E-state index is 12.9. The highest BCUT2D eigenvalue weighted by Crippen LogP contribution is 2.20. The Hall–Kier alpha value is -3.50. The molecule has 0 bridgehead atoms. The summed E-state index contributed by atoms with van der Waals surface area (Å²) in [6, 6.07) is 17.6. The van der Waals surface area contributed by atoms with Crippen molar-refractivity contribution >= 4 is 21.8 Å². The highest BCUT2D eigenvalue weighted by Gasteiger charge is 2.29. The average molecular weight is 483 g/mol. The molecule has 2 amide bonds. The summed E-state index contributed by atoms with van der Waals surface area (Å²) in [6.07, 6.45) is 1.27. The van der Waals surface area contributed by atoms with Crippen molar-refractivity contribution in [2.75, 3.05) is 33.2 Å². The number of rotatable bonds is 8. The normalized spacial score (nSPS) is 14.6. The zero-order valence-corrected chi connectivity index (χ0v) is 19.6. The van der Waals surface area contributed by atoms with E-state index in [0.717, 1.165) is 21.3 Å². The molecule has 10 heteroatoms. The first kappa shape index (κ1) is 23.7. The van der Waals surface area contributed by atoms with Gasteiger partial charge in [-0.3, -0.25) is 9.59 Å². The van der Waals surface area contributed by atoms with Gasteiger partial charge in [0, 0.05) is 50.3 Å². The summed E-state index contributed by atoms with van der Waals surface area (Å²) in [6.45, 7) is 0.689. The van der Waals surface area contributed by atoms with Gasteiger partial charge in [0.05, 0.1) is 11.4 Å². The van der Waals surface area contributed by atoms with Crippen molar-refractivity contribution < 1.29 is 22.5 Å². The molecule has 1 N–H and O–H groups in total. The average Bonchev–Trinajstić information content (AvgIpc) is 3.33. The van der Waals surface area contributed by atoms with E-state index >= 15 is 0 Å². The zero-order valence-electron chi connectivity index (χ0n) is 18.8. The molecule has 0 saturated carbocycles. The molecular formula is C24H26N4O5S. The van der Waals surface area contributed by atoms with Crippen LogP contribution in [0.5, 0.6) is 0 Å². The summed E-state index contributed by atoms with van der Waals surface area (Å²) in [5.74, 6) is 0.110. The second kappa shape index (κ2) is 10.2. The summed E-state index contributed by atoms with van der Waals surface area (Å²) in [5, 5.41) is 6.71. The van der Waals surface area contributed by atoms with Gasteiger partial charge >= 0.3 is 0 Å². The van der Waals surface area contributed by atoms with E-state index in [9.17, 15) is 18.0 Å². The van der Waals surface area contributed by atoms with Gasteiger partial charge in [-0.2, -0.15) is 4.31 Å². The Morgan fingerprint density at radius 1 is 1.15 bits per heavy atom. The Morgan fingerprint density at radius 3 is 2.71 bits per heavy atom. The lowest BCUT2D eigenvalue weighted by Gasteiger charge is -2.26. The lowest BCUT2D eigenvalue weighted by Crippen LogP contribution is -2.49. The number of hydrogen-bond donors (Lipinski definition) is 1. The standard InChI is InChI=1S/C24H26N4O5S/c1-27(13-6-10-20-16-22(26-33-20)18-7-3-2-4-8-18)24(30)19-9-5-11-21(15-19)34(31,32)28-14-12-25-23(29)17-28/h2-5,7-9,11,15-16H,6,10,12-14,17H2,1H3,(H,25,29). The molecule has 0 spiro atoms. The van der Waals surface area contributed by atoms with Crippen LogP contribution < -0.4 is 5.32 Å². The smallest absolute Gasteiger partial charge is 0.253 e. The van der Waals surface area contributed by atoms with E-state index in [4.69, 9.17) is 4.52 Å². The molecule has 0 atom stereocenters. The van der Waals surface area contributed by atoms with Crippen LogP contribution in [0.2, 0.25) is 0 Å². The van der Waals surface area contributed by atoms with Crippen molar-refractivity contribution in [3.63, 3.8) is 0 Å². The van der Waals surface area contributed by atoms with Gasteiger partial charge in [-0.1, -0.05) is 41.6 Å². The molecule has 0 radical (unpaired) electrons. The maximum Gasteiger partial charge on any atom is 0.253 e. The molecule has 3 aromatic rings. The summed E-state index contributed by atoms with van der Waals surface area (Å²) >= 11 is 0. The fraction of sp³-hybridized carbons (Fsp3) is 0.292. The van der Waals surface area contributed by atoms with Gasteiger partial charge in [-0.05, 0) is 24.6 Å². The fourth-order valence-electron chi connectivity index (χ4n) is 3.75. The molecule has 0 unspecified atom stereocenters. The molecule has 0 aliphatic carbocycles. The van der Waals surface area contributed by atoms with Gasteiger partial charge in [0.15, 0.2) is 0 Å². The molecule has 4 rings (SSSR count). The predicted molar refractivity (Wildman–Crippen MR) is 125 cm³/mol. The van der Waals surface area contributed by atoms with Crippen LogP contribution in [0.3, 0.4) is 0 Å². The number of aromatic nitrogens is 1. The molecule has 2 heterocycles. The SMILES string of the molecule is CN(CCCc1cc(-c2ccccc2)no1)C(=O)c1cccc(S(=O)(=O)N2CCNC(=O)C2)c1. The van der Waals surface area contributed by atoms with E-state index in [-0.39, 0.29) is 41.9 Å². The van der Waals surface area contributed by atoms with Gasteiger partial charge in [-0.15, -0.1) is 0 Å². The predicted octanol–water partition coefficient (Wildman–Crippen LogP) is 2.17. The second-order valence-corrected chi connectivity index (χ2v) is 10.0. The van der Waals surface area contributed by atoms with E-state index in [1.165, 1.54) is 18.2 Å². The van der Waals surface area contributed by atoms with Gasteiger partial charge in [0.1, 0.15) is 11.5 Å². The lowest BCUT2D eigenvalue weighted by molar-refractivity contribution is -0.122. The third-order valence-electron chi connectivity index (χ3n) is 5.61. The Labute approximate surface area is 198 Å². The fourth-order valence-corrected chi connectivity index (χ4v) is 5.19. The van der Waals surface area contributed by atoms with Crippen LogP contribution in [0.1, 0.15) is 22.5 Å². The first-order chi connectivity index (χ1) is 16.3. The van der Waals surface area contributed by atoms with Crippen LogP contribution >= 0.6 is 0 Å². The van der Waals surface area contributed by atoms with E-state index in [1.807, 2.05) is 36.4 Å². The van der Waals surface area contributed by atoms with Crippen molar-refractivity contribution in [1.82, 2.24) is 19.7 Å². The number of sulfonamides is 1. The highest BCUT2D eigenvalue weighted by atomic mass is 32.2. The molecule has 9 nitrogen and oxygen atoms in total. The number of carbonyl (C=O) groups excluding carboxylic acids is 2. The molecule has 1 fully saturated rings. The monoisotopic (exact) mass is 482 g/mol. The summed E-state index contributed by atoms with van der Waals surface area (Å²) in [4.78, 5) is 26.1. The minimum Gasteiger partial charge on any atom is -0.361 e. The van der Waals surface area contributed by atoms with E-state index < -0.39 is 10.0 Å². The number of nitrogens with one attached hydrogen (secondary N) is 1. The Morgan fingerprint density at radius 2 is 1.94 bits per heavy atom. The van der Waals surface area contributed by atoms with Crippen molar-refractivity contribution in [1.29, 1.82) is 0 Å². The van der Waals surface area contributed by atoms with Crippen LogP contribution in [0.15, 0.2) is 70.1 Å². The third kappa shape index (κ3) is 5.35. The number of nitrogens with zero attached hydrogens (tertiary/aromatic N) is 3. The largest absolute Gasteiger partial charge is 0.361 e. The minimum absolute atomic E-state index is 0.00319. The number of amides is 2. The first-order valence-corrected chi connectivity index (χ1v) is 12.4.